The second-order valence-electron chi connectivity index (χ2n) is 39.2. The minimum Gasteiger partial charge on any atom is -0.508 e. The summed E-state index contributed by atoms with van der Waals surface area (Å²) in [6.07, 6.45) is -4.71. The largest absolute Gasteiger partial charge is 0.508 e. The van der Waals surface area contributed by atoms with Gasteiger partial charge in [-0.05, 0) is 255 Å². The van der Waals surface area contributed by atoms with E-state index in [-0.39, 0.29) is 67.8 Å². The van der Waals surface area contributed by atoms with Gasteiger partial charge in [0.2, 0.25) is 18.9 Å². The lowest BCUT2D eigenvalue weighted by Crippen LogP contribution is -2.49. The van der Waals surface area contributed by atoms with E-state index < -0.39 is 111 Å². The fourth-order valence-corrected chi connectivity index (χ4v) is 12.1. The first kappa shape index (κ1) is 107. The van der Waals surface area contributed by atoms with Gasteiger partial charge in [0.25, 0.3) is 10.1 Å². The summed E-state index contributed by atoms with van der Waals surface area (Å²) in [5, 5.41) is 96.1. The SMILES string of the molecule is CC(C)(C)NCC(O)c1ccc(O)c(CO)c1.CC(C)(C)NCC(O)c1ccc2c(c1)COC(C)(C)O2.CC(C)(C)OC(=O)N(CC(O)c1ccc(O)c(CO)c1)C(C)(C)C.CC(C)(C)OC(=O)N(CC(O)c1ccc(OP(C)(C)=O)c(COS(C)(=O)=O)c1)C(C)(C)C.CC(C)(C)OC(=O)N(CC(O)c1ccc2c(c1)COC(C)(C)O2)C(C)(C)C. The average Bonchev–Trinajstić information content (AvgIpc) is 0.801. The van der Waals surface area contributed by atoms with Crippen molar-refractivity contribution in [2.45, 2.75) is 313 Å². The Labute approximate surface area is 713 Å². The Morgan fingerprint density at radius 1 is 0.458 bits per heavy atom. The number of nitrogens with zero attached hydrogens (tertiary/aromatic N) is 3. The maximum atomic E-state index is 12.7. The van der Waals surface area contributed by atoms with Crippen LogP contribution in [0.5, 0.6) is 28.7 Å². The summed E-state index contributed by atoms with van der Waals surface area (Å²) in [4.78, 5) is 42.3. The number of aliphatic hydroxyl groups is 7. The molecular formula is C89H144N5O24PS. The van der Waals surface area contributed by atoms with Crippen LogP contribution >= 0.6 is 7.37 Å². The lowest BCUT2D eigenvalue weighted by atomic mass is 10.0. The second kappa shape index (κ2) is 42.8. The van der Waals surface area contributed by atoms with Crippen LogP contribution in [0.2, 0.25) is 0 Å². The van der Waals surface area contributed by atoms with E-state index in [9.17, 15) is 68.2 Å². The standard InChI is InChI=1S/C21H36NO8PS.C21H33NO5.C18H29NO5.C16H25NO3.C13H21NO3/c1-20(2,3)22(19(24)29-21(4,5)6)13-17(23)15-10-11-18(30-31(7,8)25)16(12-15)14-28-32(9,26)27;1-19(2,3)22(18(24)27-20(4,5)6)12-16(23)14-9-10-17-15(11-14)13-25-21(7,8)26-17;1-17(2,3)19(16(23)24-18(4,5)6)10-15(22)12-7-8-14(21)13(9-12)11-20;1-15(2,3)17-9-13(18)11-6-7-14-12(8-11)10-19-16(4,5)20-14;1-13(2,3)14-7-12(17)9-4-5-11(16)10(6-9)8-15/h10-12,17,23H,13-14H2,1-9H3;9-11,16,23H,12-13H2,1-8H3;7-9,15,20-22H,10-11H2,1-6H3;6-8,13,17-18H,9-10H2,1-5H3;4-6,12,14-17H,7-8H2,1-3H3. The van der Waals surface area contributed by atoms with Crippen LogP contribution in [0.3, 0.4) is 0 Å². The molecule has 2 heterocycles. The number of aromatic hydroxyl groups is 2. The number of fused-ring (bicyclic) bond motifs is 2. The Morgan fingerprint density at radius 2 is 0.742 bits per heavy atom. The molecule has 0 saturated heterocycles. The number of β-amino-alcohol motifs (C(OH)–C–C–N with tert-alkyl or cyclic N) is 5. The van der Waals surface area contributed by atoms with Gasteiger partial charge in [-0.1, -0.05) is 30.3 Å². The summed E-state index contributed by atoms with van der Waals surface area (Å²) in [6, 6.07) is 25.1. The molecule has 2 aliphatic heterocycles. The van der Waals surface area contributed by atoms with Crippen LogP contribution in [0.1, 0.15) is 280 Å². The van der Waals surface area contributed by atoms with Crippen molar-refractivity contribution in [3.8, 4) is 28.7 Å². The van der Waals surface area contributed by atoms with Gasteiger partial charge >= 0.3 is 18.3 Å². The van der Waals surface area contributed by atoms with E-state index in [1.807, 2.05) is 168 Å². The van der Waals surface area contributed by atoms with Crippen LogP contribution in [0.15, 0.2) is 91.0 Å². The van der Waals surface area contributed by atoms with Crippen molar-refractivity contribution in [1.29, 1.82) is 0 Å². The molecule has 0 spiro atoms. The summed E-state index contributed by atoms with van der Waals surface area (Å²) < 4.78 is 84.6. The van der Waals surface area contributed by atoms with Crippen LogP contribution in [-0.4, -0.2) is 196 Å². The highest BCUT2D eigenvalue weighted by Crippen LogP contribution is 2.42. The molecule has 3 amide bonds. The predicted octanol–water partition coefficient (Wildman–Crippen LogP) is 15.6. The molecule has 2 aliphatic rings. The van der Waals surface area contributed by atoms with E-state index in [1.165, 1.54) is 53.5 Å². The van der Waals surface area contributed by atoms with Crippen molar-refractivity contribution in [1.82, 2.24) is 25.3 Å². The van der Waals surface area contributed by atoms with Crippen molar-refractivity contribution < 1.29 is 115 Å². The molecule has 7 rings (SSSR count). The second-order valence-corrected chi connectivity index (χ2v) is 43.5. The van der Waals surface area contributed by atoms with Crippen molar-refractivity contribution in [2.75, 3.05) is 52.3 Å². The monoisotopic (exact) mass is 1730 g/mol. The van der Waals surface area contributed by atoms with E-state index >= 15 is 0 Å². The first-order valence-corrected chi connectivity index (χ1v) is 44.4. The first-order chi connectivity index (χ1) is 54.2. The maximum absolute atomic E-state index is 12.7. The van der Waals surface area contributed by atoms with E-state index in [1.54, 1.807) is 70.7 Å². The zero-order valence-corrected chi connectivity index (χ0v) is 78.7. The maximum Gasteiger partial charge on any atom is 0.410 e. The zero-order chi connectivity index (χ0) is 92.5. The number of carbonyl (C=O) groups excluding carboxylic acids is 3. The quantitative estimate of drug-likeness (QED) is 0.0174. The Bertz CT molecular complexity index is 4300. The number of rotatable bonds is 22. The third kappa shape index (κ3) is 39.4. The predicted molar refractivity (Wildman–Crippen MR) is 464 cm³/mol. The molecular weight excluding hydrogens is 1590 g/mol. The third-order valence-electron chi connectivity index (χ3n) is 17.3. The number of ether oxygens (including phenoxy) is 7. The third-order valence-corrected chi connectivity index (χ3v) is 18.5. The van der Waals surface area contributed by atoms with Gasteiger partial charge in [0.15, 0.2) is 0 Å². The average molecular weight is 1730 g/mol. The van der Waals surface area contributed by atoms with E-state index in [4.69, 9.17) is 47.0 Å². The van der Waals surface area contributed by atoms with Crippen molar-refractivity contribution in [3.05, 3.63) is 147 Å². The van der Waals surface area contributed by atoms with Gasteiger partial charge in [-0.2, -0.15) is 8.42 Å². The Balaban J connectivity index is 0.000000393. The van der Waals surface area contributed by atoms with Crippen LogP contribution in [0.25, 0.3) is 0 Å². The van der Waals surface area contributed by atoms with Gasteiger partial charge in [0.05, 0.1) is 89.4 Å². The molecule has 0 radical (unpaired) electrons. The first-order valence-electron chi connectivity index (χ1n) is 40.1. The van der Waals surface area contributed by atoms with E-state index in [2.05, 4.69) is 31.4 Å². The van der Waals surface area contributed by atoms with Gasteiger partial charge < -0.3 is 109 Å². The van der Waals surface area contributed by atoms with E-state index in [0.29, 0.717) is 65.2 Å². The van der Waals surface area contributed by atoms with Crippen LogP contribution in [0.4, 0.5) is 14.4 Å². The Morgan fingerprint density at radius 3 is 1.02 bits per heavy atom. The van der Waals surface area contributed by atoms with Crippen LogP contribution in [0, 0.1) is 0 Å². The molecule has 0 saturated carbocycles. The highest BCUT2D eigenvalue weighted by atomic mass is 32.2. The lowest BCUT2D eigenvalue weighted by molar-refractivity contribution is -0.180. The van der Waals surface area contributed by atoms with Gasteiger partial charge in [-0.25, -0.2) is 14.4 Å². The van der Waals surface area contributed by atoms with Crippen molar-refractivity contribution in [3.63, 3.8) is 0 Å². The molecule has 5 aromatic carbocycles. The number of hydrogen-bond donors (Lipinski definition) is 11. The van der Waals surface area contributed by atoms with Crippen LogP contribution in [-0.2, 0) is 75.6 Å². The summed E-state index contributed by atoms with van der Waals surface area (Å²) in [6.45, 7) is 56.7. The van der Waals surface area contributed by atoms with Crippen molar-refractivity contribution in [2.24, 2.45) is 0 Å². The molecule has 0 aromatic heterocycles. The molecule has 5 aromatic rings. The number of aliphatic hydroxyl groups excluding tert-OH is 7. The molecule has 5 unspecified atom stereocenters. The van der Waals surface area contributed by atoms with Gasteiger partial charge in [-0.3, -0.25) is 8.75 Å². The number of benzene rings is 5. The Hall–Kier alpha value is -7.39. The summed E-state index contributed by atoms with van der Waals surface area (Å²) in [7, 11) is -6.67. The highest BCUT2D eigenvalue weighted by molar-refractivity contribution is 7.85. The molecule has 0 bridgehead atoms. The normalized spacial score (nSPS) is 15.5. The van der Waals surface area contributed by atoms with Crippen LogP contribution < -0.4 is 24.6 Å². The Kier molecular flexibility index (Phi) is 38.1. The number of hydrogen-bond acceptors (Lipinski definition) is 26. The molecule has 31 heteroatoms. The summed E-state index contributed by atoms with van der Waals surface area (Å²) >= 11 is 0. The molecule has 0 aliphatic carbocycles. The highest BCUT2D eigenvalue weighted by Gasteiger charge is 2.38. The molecule has 29 nitrogen and oxygen atoms in total. The topological polar surface area (TPSA) is 401 Å². The van der Waals surface area contributed by atoms with Gasteiger partial charge in [0.1, 0.15) is 45.6 Å². The number of carbonyl (C=O) groups is 3. The van der Waals surface area contributed by atoms with Gasteiger partial charge in [0, 0.05) is 110 Å². The fourth-order valence-electron chi connectivity index (χ4n) is 11.1. The van der Waals surface area contributed by atoms with E-state index in [0.717, 1.165) is 34.4 Å². The smallest absolute Gasteiger partial charge is 0.410 e. The molecule has 5 atom stereocenters. The fraction of sp³-hybridized carbons (Fsp3) is 0.629. The zero-order valence-electron chi connectivity index (χ0n) is 77.0. The minimum atomic E-state index is -3.74. The summed E-state index contributed by atoms with van der Waals surface area (Å²) in [5.74, 6) is 0.551. The number of nitrogens with one attached hydrogen (secondary N) is 2. The van der Waals surface area contributed by atoms with Gasteiger partial charge in [-0.15, -0.1) is 0 Å². The minimum absolute atomic E-state index is 0.00850. The molecule has 680 valence electrons. The number of phenols is 2. The lowest BCUT2D eigenvalue weighted by Gasteiger charge is -2.38. The van der Waals surface area contributed by atoms with Crippen molar-refractivity contribution >= 4 is 35.8 Å². The molecule has 11 N–H and O–H groups in total. The summed E-state index contributed by atoms with van der Waals surface area (Å²) in [5.41, 5.74) is 2.44. The molecule has 120 heavy (non-hydrogen) atoms. The number of amides is 3. The molecule has 0 fully saturated rings.